The lowest BCUT2D eigenvalue weighted by atomic mass is 10.0. The van der Waals surface area contributed by atoms with E-state index in [0.29, 0.717) is 5.75 Å². The quantitative estimate of drug-likeness (QED) is 0.884. The van der Waals surface area contributed by atoms with Gasteiger partial charge in [0.1, 0.15) is 5.75 Å². The minimum Gasteiger partial charge on any atom is -0.508 e. The predicted molar refractivity (Wildman–Crippen MR) is 111 cm³/mol. The average Bonchev–Trinajstić information content (AvgIpc) is 3.03. The molecule has 0 saturated carbocycles. The first-order valence-corrected chi connectivity index (χ1v) is 10.3. The zero-order chi connectivity index (χ0) is 19.7. The van der Waals surface area contributed by atoms with Crippen molar-refractivity contribution in [2.24, 2.45) is 7.05 Å². The molecule has 6 heteroatoms. The van der Waals surface area contributed by atoms with Crippen molar-refractivity contribution in [1.29, 1.82) is 0 Å². The van der Waals surface area contributed by atoms with E-state index in [9.17, 15) is 9.90 Å². The number of benzene rings is 1. The van der Waals surface area contributed by atoms with Gasteiger partial charge in [-0.05, 0) is 43.2 Å². The molecule has 1 fully saturated rings. The second kappa shape index (κ2) is 7.87. The number of fused-ring (bicyclic) bond motifs is 1. The molecular weight excluding hydrogens is 352 g/mol. The fourth-order valence-corrected chi connectivity index (χ4v) is 4.62. The molecule has 1 aromatic heterocycles. The Hall–Kier alpha value is -2.47. The Morgan fingerprint density at radius 2 is 1.75 bits per heavy atom. The maximum atomic E-state index is 13.0. The van der Waals surface area contributed by atoms with Gasteiger partial charge in [0.2, 0.25) is 0 Å². The Bertz CT molecular complexity index is 822. The first-order valence-electron chi connectivity index (χ1n) is 10.3. The van der Waals surface area contributed by atoms with Gasteiger partial charge in [0.25, 0.3) is 5.91 Å². The first-order chi connectivity index (χ1) is 13.6. The molecule has 4 rings (SSSR count). The molecule has 1 atom stereocenters. The van der Waals surface area contributed by atoms with E-state index in [-0.39, 0.29) is 11.9 Å². The summed E-state index contributed by atoms with van der Waals surface area (Å²) in [6.45, 7) is 7.63. The average molecular weight is 383 g/mol. The fourth-order valence-electron chi connectivity index (χ4n) is 4.62. The Kier molecular flexibility index (Phi) is 5.31. The highest BCUT2D eigenvalue weighted by Gasteiger charge is 2.34. The summed E-state index contributed by atoms with van der Waals surface area (Å²) in [6, 6.07) is 9.72. The highest BCUT2D eigenvalue weighted by molar-refractivity contribution is 5.96. The molecule has 0 radical (unpaired) electrons. The summed E-state index contributed by atoms with van der Waals surface area (Å²) in [4.78, 5) is 19.9. The number of amides is 1. The molecule has 0 aliphatic carbocycles. The van der Waals surface area contributed by atoms with E-state index in [0.717, 1.165) is 63.4 Å². The van der Waals surface area contributed by atoms with Crippen LogP contribution in [0.1, 0.15) is 41.9 Å². The maximum Gasteiger partial charge on any atom is 0.255 e. The van der Waals surface area contributed by atoms with Crippen LogP contribution < -0.4 is 4.90 Å². The highest BCUT2D eigenvalue weighted by atomic mass is 16.3. The number of phenols is 1. The predicted octanol–water partition coefficient (Wildman–Crippen LogP) is 2.85. The lowest BCUT2D eigenvalue weighted by molar-refractivity contribution is 0.0752. The van der Waals surface area contributed by atoms with Crippen LogP contribution in [-0.2, 0) is 7.05 Å². The van der Waals surface area contributed by atoms with Gasteiger partial charge < -0.3 is 19.5 Å². The normalized spacial score (nSPS) is 20.9. The molecule has 6 nitrogen and oxygen atoms in total. The van der Waals surface area contributed by atoms with Crippen molar-refractivity contribution in [2.45, 2.75) is 25.8 Å². The van der Waals surface area contributed by atoms with Crippen molar-refractivity contribution in [2.75, 3.05) is 44.2 Å². The van der Waals surface area contributed by atoms with Crippen molar-refractivity contribution < 1.29 is 9.90 Å². The van der Waals surface area contributed by atoms with E-state index in [1.807, 2.05) is 29.3 Å². The molecule has 0 bridgehead atoms. The molecule has 2 aromatic rings. The minimum atomic E-state index is 0.183. The van der Waals surface area contributed by atoms with Gasteiger partial charge in [0.15, 0.2) is 0 Å². The van der Waals surface area contributed by atoms with Gasteiger partial charge in [-0.2, -0.15) is 0 Å². The smallest absolute Gasteiger partial charge is 0.255 e. The molecule has 1 N–H and O–H groups in total. The number of carbonyl (C=O) groups excluding carboxylic acids is 1. The molecule has 1 unspecified atom stereocenters. The topological polar surface area (TPSA) is 52.0 Å². The third-order valence-corrected chi connectivity index (χ3v) is 6.09. The van der Waals surface area contributed by atoms with Crippen molar-refractivity contribution in [3.63, 3.8) is 0 Å². The van der Waals surface area contributed by atoms with E-state index >= 15 is 0 Å². The maximum absolute atomic E-state index is 13.0. The van der Waals surface area contributed by atoms with E-state index in [1.165, 1.54) is 5.69 Å². The summed E-state index contributed by atoms with van der Waals surface area (Å²) < 4.78 is 2.14. The summed E-state index contributed by atoms with van der Waals surface area (Å²) in [7, 11) is 2.06. The van der Waals surface area contributed by atoms with Crippen molar-refractivity contribution in [3.8, 4) is 5.75 Å². The summed E-state index contributed by atoms with van der Waals surface area (Å²) in [5.74, 6) is 0.487. The molecule has 1 aromatic carbocycles. The van der Waals surface area contributed by atoms with Crippen LogP contribution in [0.4, 0.5) is 5.69 Å². The number of nitrogens with zero attached hydrogens (tertiary/aromatic N) is 4. The highest BCUT2D eigenvalue weighted by Crippen LogP contribution is 2.33. The molecule has 3 heterocycles. The zero-order valence-electron chi connectivity index (χ0n) is 16.8. The van der Waals surface area contributed by atoms with Crippen LogP contribution in [0.3, 0.4) is 0 Å². The van der Waals surface area contributed by atoms with Gasteiger partial charge in [-0.25, -0.2) is 0 Å². The van der Waals surface area contributed by atoms with Crippen LogP contribution >= 0.6 is 0 Å². The molecule has 0 spiro atoms. The summed E-state index contributed by atoms with van der Waals surface area (Å²) in [5, 5.41) is 9.51. The third-order valence-electron chi connectivity index (χ3n) is 6.09. The number of aromatic nitrogens is 1. The number of rotatable bonds is 4. The van der Waals surface area contributed by atoms with Crippen LogP contribution in [0, 0.1) is 0 Å². The van der Waals surface area contributed by atoms with Crippen LogP contribution in [-0.4, -0.2) is 64.6 Å². The lowest BCUT2D eigenvalue weighted by Crippen LogP contribution is -2.48. The van der Waals surface area contributed by atoms with Crippen molar-refractivity contribution >= 4 is 11.6 Å². The van der Waals surface area contributed by atoms with Crippen LogP contribution in [0.5, 0.6) is 5.75 Å². The van der Waals surface area contributed by atoms with E-state index in [2.05, 4.69) is 28.3 Å². The number of anilines is 1. The second-order valence-corrected chi connectivity index (χ2v) is 7.86. The Morgan fingerprint density at radius 3 is 2.43 bits per heavy atom. The Labute approximate surface area is 167 Å². The van der Waals surface area contributed by atoms with Gasteiger partial charge in [0.05, 0.1) is 11.6 Å². The summed E-state index contributed by atoms with van der Waals surface area (Å²) in [6.07, 6.45) is 4.00. The van der Waals surface area contributed by atoms with E-state index in [1.54, 1.807) is 12.1 Å². The number of hydrogen-bond acceptors (Lipinski definition) is 4. The lowest BCUT2D eigenvalue weighted by Gasteiger charge is -2.40. The molecule has 150 valence electrons. The monoisotopic (exact) mass is 382 g/mol. The number of aryl methyl sites for hydroxylation is 1. The summed E-state index contributed by atoms with van der Waals surface area (Å²) in [5.41, 5.74) is 3.20. The van der Waals surface area contributed by atoms with Crippen LogP contribution in [0.2, 0.25) is 0 Å². The molecule has 2 aliphatic heterocycles. The van der Waals surface area contributed by atoms with Gasteiger partial charge in [-0.3, -0.25) is 9.69 Å². The Morgan fingerprint density at radius 1 is 1.04 bits per heavy atom. The SMILES string of the molecule is CCCN1CCC(N2CCN(c3ccc(O)cc3)CC2)c2c(ccn2C)C1=O. The standard InChI is InChI=1S/C22H30N4O2/c1-3-10-26-12-9-20(21-19(22(26)28)8-11-23(21)2)25-15-13-24(14-16-25)17-4-6-18(27)7-5-17/h4-8,11,20,27H,3,9-10,12-16H2,1-2H3. The number of hydrogen-bond donors (Lipinski definition) is 1. The number of carbonyl (C=O) groups is 1. The molecule has 28 heavy (non-hydrogen) atoms. The molecular formula is C22H30N4O2. The molecule has 1 amide bonds. The zero-order valence-corrected chi connectivity index (χ0v) is 16.8. The fraction of sp³-hybridized carbons (Fsp3) is 0.500. The third kappa shape index (κ3) is 3.49. The largest absolute Gasteiger partial charge is 0.508 e. The van der Waals surface area contributed by atoms with E-state index in [4.69, 9.17) is 0 Å². The summed E-state index contributed by atoms with van der Waals surface area (Å²) >= 11 is 0. The molecule has 2 aliphatic rings. The second-order valence-electron chi connectivity index (χ2n) is 7.86. The van der Waals surface area contributed by atoms with Gasteiger partial charge >= 0.3 is 0 Å². The first kappa shape index (κ1) is 18.9. The Balaban J connectivity index is 1.51. The number of aromatic hydroxyl groups is 1. The van der Waals surface area contributed by atoms with Crippen LogP contribution in [0.15, 0.2) is 36.5 Å². The van der Waals surface area contributed by atoms with Gasteiger partial charge in [-0.1, -0.05) is 6.92 Å². The number of piperazine rings is 1. The van der Waals surface area contributed by atoms with Gasteiger partial charge in [-0.15, -0.1) is 0 Å². The van der Waals surface area contributed by atoms with E-state index < -0.39 is 0 Å². The van der Waals surface area contributed by atoms with Crippen molar-refractivity contribution in [1.82, 2.24) is 14.4 Å². The van der Waals surface area contributed by atoms with Crippen LogP contribution in [0.25, 0.3) is 0 Å². The van der Waals surface area contributed by atoms with Crippen molar-refractivity contribution in [3.05, 3.63) is 47.8 Å². The molecule has 1 saturated heterocycles. The van der Waals surface area contributed by atoms with Gasteiger partial charge in [0, 0.05) is 63.9 Å². The number of phenolic OH excluding ortho intramolecular Hbond substituents is 1. The minimum absolute atomic E-state index is 0.183.